The molecule has 3 rings (SSSR count). The third-order valence-corrected chi connectivity index (χ3v) is 5.81. The maximum absolute atomic E-state index is 12.4. The molecule has 1 saturated heterocycles. The van der Waals surface area contributed by atoms with E-state index in [1.54, 1.807) is 0 Å². The first-order valence-electron chi connectivity index (χ1n) is 10.0. The Kier molecular flexibility index (Phi) is 6.32. The average molecular weight is 369 g/mol. The number of hydrogen-bond acceptors (Lipinski definition) is 3. The third kappa shape index (κ3) is 5.19. The van der Waals surface area contributed by atoms with Gasteiger partial charge in [0.2, 0.25) is 5.91 Å². The molecule has 0 radical (unpaired) electrons. The van der Waals surface area contributed by atoms with Crippen LogP contribution in [0, 0.1) is 26.7 Å². The van der Waals surface area contributed by atoms with E-state index in [4.69, 9.17) is 0 Å². The fourth-order valence-corrected chi connectivity index (χ4v) is 3.90. The van der Waals surface area contributed by atoms with Crippen molar-refractivity contribution in [3.05, 3.63) is 46.8 Å². The van der Waals surface area contributed by atoms with Crippen molar-refractivity contribution in [1.29, 1.82) is 0 Å². The summed E-state index contributed by atoms with van der Waals surface area (Å²) in [6, 6.07) is 8.89. The highest BCUT2D eigenvalue weighted by Crippen LogP contribution is 2.23. The van der Waals surface area contributed by atoms with Gasteiger partial charge in [0.25, 0.3) is 0 Å². The number of benzene rings is 1. The first-order chi connectivity index (χ1) is 12.9. The number of likely N-dealkylation sites (tertiary alicyclic amines) is 1. The summed E-state index contributed by atoms with van der Waals surface area (Å²) in [5.74, 6) is 0.834. The number of nitrogens with zero attached hydrogens (tertiary/aromatic N) is 3. The Labute approximate surface area is 162 Å². The van der Waals surface area contributed by atoms with Crippen LogP contribution in [0.2, 0.25) is 0 Å². The molecule has 0 atom stereocenters. The molecule has 0 saturated carbocycles. The van der Waals surface area contributed by atoms with Gasteiger partial charge in [0.05, 0.1) is 23.6 Å². The molecule has 0 unspecified atom stereocenters. The summed E-state index contributed by atoms with van der Waals surface area (Å²) in [6.45, 7) is 8.54. The molecule has 1 aromatic heterocycles. The van der Waals surface area contributed by atoms with E-state index in [0.29, 0.717) is 6.54 Å². The van der Waals surface area contributed by atoms with Crippen molar-refractivity contribution in [2.45, 2.75) is 46.5 Å². The van der Waals surface area contributed by atoms with Crippen molar-refractivity contribution in [2.24, 2.45) is 13.0 Å². The minimum absolute atomic E-state index is 0.0623. The lowest BCUT2D eigenvalue weighted by atomic mass is 9.90. The summed E-state index contributed by atoms with van der Waals surface area (Å²) in [4.78, 5) is 14.7. The van der Waals surface area contributed by atoms with Gasteiger partial charge >= 0.3 is 0 Å². The predicted molar refractivity (Wildman–Crippen MR) is 110 cm³/mol. The normalized spacial score (nSPS) is 15.9. The number of piperidine rings is 1. The summed E-state index contributed by atoms with van der Waals surface area (Å²) in [5.41, 5.74) is 5.48. The fourth-order valence-electron chi connectivity index (χ4n) is 3.90. The van der Waals surface area contributed by atoms with Gasteiger partial charge in [0.1, 0.15) is 0 Å². The Morgan fingerprint density at radius 2 is 1.81 bits per heavy atom. The Hall–Kier alpha value is -2.14. The van der Waals surface area contributed by atoms with E-state index in [0.717, 1.165) is 42.5 Å². The summed E-state index contributed by atoms with van der Waals surface area (Å²) in [7, 11) is 1.90. The summed E-state index contributed by atoms with van der Waals surface area (Å²) in [6.07, 6.45) is 4.77. The summed E-state index contributed by atoms with van der Waals surface area (Å²) in [5, 5.41) is 7.40. The van der Waals surface area contributed by atoms with Crippen LogP contribution in [0.4, 0.5) is 5.69 Å². The van der Waals surface area contributed by atoms with Crippen molar-refractivity contribution in [1.82, 2.24) is 14.7 Å². The van der Waals surface area contributed by atoms with Crippen LogP contribution in [0.1, 0.15) is 41.8 Å². The van der Waals surface area contributed by atoms with Crippen LogP contribution < -0.4 is 5.32 Å². The number of amides is 1. The molecule has 1 aromatic carbocycles. The Bertz CT molecular complexity index is 770. The van der Waals surface area contributed by atoms with Gasteiger partial charge in [-0.05, 0) is 71.0 Å². The van der Waals surface area contributed by atoms with Crippen molar-refractivity contribution in [3.63, 3.8) is 0 Å². The zero-order chi connectivity index (χ0) is 19.4. The van der Waals surface area contributed by atoms with Gasteiger partial charge in [-0.1, -0.05) is 29.8 Å². The third-order valence-electron chi connectivity index (χ3n) is 5.81. The smallest absolute Gasteiger partial charge is 0.238 e. The maximum atomic E-state index is 12.4. The lowest BCUT2D eigenvalue weighted by molar-refractivity contribution is -0.117. The van der Waals surface area contributed by atoms with Crippen LogP contribution in [0.3, 0.4) is 0 Å². The molecule has 0 aliphatic carbocycles. The van der Waals surface area contributed by atoms with Crippen LogP contribution in [0.15, 0.2) is 24.3 Å². The molecular formula is C22H32N4O. The molecular weight excluding hydrogens is 336 g/mol. The van der Waals surface area contributed by atoms with Crippen molar-refractivity contribution >= 4 is 11.6 Å². The number of nitrogens with one attached hydrogen (secondary N) is 1. The van der Waals surface area contributed by atoms with Gasteiger partial charge in [0, 0.05) is 7.05 Å². The molecule has 1 amide bonds. The van der Waals surface area contributed by atoms with Gasteiger partial charge < -0.3 is 5.32 Å². The van der Waals surface area contributed by atoms with Crippen LogP contribution in [-0.2, 0) is 18.3 Å². The Balaban J connectivity index is 1.41. The molecule has 146 valence electrons. The Morgan fingerprint density at radius 1 is 1.15 bits per heavy atom. The molecule has 5 nitrogen and oxygen atoms in total. The van der Waals surface area contributed by atoms with E-state index in [1.165, 1.54) is 30.4 Å². The van der Waals surface area contributed by atoms with Crippen molar-refractivity contribution < 1.29 is 4.79 Å². The number of carbonyl (C=O) groups excluding carboxylic acids is 1. The lowest BCUT2D eigenvalue weighted by Crippen LogP contribution is -2.39. The fraction of sp³-hybridized carbons (Fsp3) is 0.545. The summed E-state index contributed by atoms with van der Waals surface area (Å²) < 4.78 is 1.81. The minimum atomic E-state index is 0.0623. The molecule has 0 spiro atoms. The largest absolute Gasteiger partial charge is 0.322 e. The molecule has 27 heavy (non-hydrogen) atoms. The van der Waals surface area contributed by atoms with Gasteiger partial charge in [-0.15, -0.1) is 0 Å². The van der Waals surface area contributed by atoms with Gasteiger partial charge in [-0.25, -0.2) is 0 Å². The second-order valence-electron chi connectivity index (χ2n) is 7.96. The molecule has 1 N–H and O–H groups in total. The topological polar surface area (TPSA) is 50.2 Å². The van der Waals surface area contributed by atoms with Crippen LogP contribution >= 0.6 is 0 Å². The first kappa shape index (κ1) is 19.6. The predicted octanol–water partition coefficient (Wildman–Crippen LogP) is 3.63. The number of carbonyl (C=O) groups is 1. The maximum Gasteiger partial charge on any atom is 0.238 e. The lowest BCUT2D eigenvalue weighted by Gasteiger charge is -2.31. The molecule has 2 heterocycles. The van der Waals surface area contributed by atoms with E-state index < -0.39 is 0 Å². The molecule has 1 aliphatic heterocycles. The number of anilines is 1. The quantitative estimate of drug-likeness (QED) is 0.847. The van der Waals surface area contributed by atoms with Gasteiger partial charge in [0.15, 0.2) is 0 Å². The SMILES string of the molecule is Cc1ccc(CCC2CCN(CC(=O)Nc3c(C)nn(C)c3C)CC2)cc1. The number of hydrogen-bond donors (Lipinski definition) is 1. The van der Waals surface area contributed by atoms with Gasteiger partial charge in [-0.3, -0.25) is 14.4 Å². The van der Waals surface area contributed by atoms with Crippen molar-refractivity contribution in [3.8, 4) is 0 Å². The molecule has 5 heteroatoms. The molecule has 1 aliphatic rings. The highest BCUT2D eigenvalue weighted by atomic mass is 16.2. The Morgan fingerprint density at radius 3 is 2.41 bits per heavy atom. The number of aromatic nitrogens is 2. The monoisotopic (exact) mass is 368 g/mol. The summed E-state index contributed by atoms with van der Waals surface area (Å²) >= 11 is 0. The van der Waals surface area contributed by atoms with E-state index in [-0.39, 0.29) is 5.91 Å². The molecule has 0 bridgehead atoms. The van der Waals surface area contributed by atoms with Crippen LogP contribution in [0.25, 0.3) is 0 Å². The second-order valence-corrected chi connectivity index (χ2v) is 7.96. The minimum Gasteiger partial charge on any atom is -0.322 e. The van der Waals surface area contributed by atoms with Gasteiger partial charge in [-0.2, -0.15) is 5.10 Å². The van der Waals surface area contributed by atoms with E-state index in [1.807, 2.05) is 25.6 Å². The van der Waals surface area contributed by atoms with Crippen LogP contribution in [-0.4, -0.2) is 40.2 Å². The first-order valence-corrected chi connectivity index (χ1v) is 10.0. The van der Waals surface area contributed by atoms with Crippen molar-refractivity contribution in [2.75, 3.05) is 25.0 Å². The van der Waals surface area contributed by atoms with E-state index in [2.05, 4.69) is 46.5 Å². The van der Waals surface area contributed by atoms with E-state index >= 15 is 0 Å². The molecule has 2 aromatic rings. The van der Waals surface area contributed by atoms with E-state index in [9.17, 15) is 4.79 Å². The number of aryl methyl sites for hydroxylation is 4. The molecule has 1 fully saturated rings. The second kappa shape index (κ2) is 8.70. The average Bonchev–Trinajstić information content (AvgIpc) is 2.88. The highest BCUT2D eigenvalue weighted by Gasteiger charge is 2.21. The zero-order valence-corrected chi connectivity index (χ0v) is 17.1. The number of rotatable bonds is 6. The van der Waals surface area contributed by atoms with Crippen LogP contribution in [0.5, 0.6) is 0 Å². The standard InChI is InChI=1S/C22H32N4O/c1-16-5-7-19(8-6-16)9-10-20-11-13-26(14-12-20)15-21(27)23-22-17(2)24-25(4)18(22)3/h5-8,20H,9-15H2,1-4H3,(H,23,27). The highest BCUT2D eigenvalue weighted by molar-refractivity contribution is 5.93. The zero-order valence-electron chi connectivity index (χ0n) is 17.1.